The Morgan fingerprint density at radius 2 is 1.08 bits per heavy atom. The molecule has 2 nitrogen and oxygen atoms in total. The normalized spacial score (nSPS) is 12.5. The van der Waals surface area contributed by atoms with Gasteiger partial charge in [0.1, 0.15) is 23.2 Å². The summed E-state index contributed by atoms with van der Waals surface area (Å²) in [5.41, 5.74) is 0. The number of carboxylic acid groups (broad SMARTS) is 1. The van der Waals surface area contributed by atoms with Gasteiger partial charge in [0.15, 0.2) is 0 Å². The summed E-state index contributed by atoms with van der Waals surface area (Å²) in [4.78, 5) is 11.3. The minimum atomic E-state index is -2.43. The standard InChI is InChI=1S/C21H17O2P/c22-21(23)16-17-24(18-10-4-1-5-11-18,19-12-6-2-7-13-19)20-14-8-3-9-15-20/h1-17H/b17-16+/i16D. The molecule has 3 heteroatoms. The van der Waals surface area contributed by atoms with Crippen molar-refractivity contribution in [2.75, 3.05) is 0 Å². The predicted octanol–water partition coefficient (Wildman–Crippen LogP) is 2.24. The third-order valence-corrected chi connectivity index (χ3v) is 7.72. The molecular weight excluding hydrogens is 315 g/mol. The first-order chi connectivity index (χ1) is 12.1. The molecule has 0 aliphatic rings. The zero-order valence-corrected chi connectivity index (χ0v) is 13.9. The van der Waals surface area contributed by atoms with Crippen LogP contribution in [0.4, 0.5) is 0 Å². The van der Waals surface area contributed by atoms with E-state index < -0.39 is 19.3 Å². The number of carbonyl (C=O) groups excluding carboxylic acids is 1. The van der Waals surface area contributed by atoms with Crippen molar-refractivity contribution in [2.24, 2.45) is 0 Å². The van der Waals surface area contributed by atoms with E-state index in [1.165, 1.54) is 0 Å². The summed E-state index contributed by atoms with van der Waals surface area (Å²) in [6.45, 7) is 0. The van der Waals surface area contributed by atoms with Gasteiger partial charge in [-0.3, -0.25) is 0 Å². The summed E-state index contributed by atoms with van der Waals surface area (Å²) in [6.07, 6.45) is 0. The van der Waals surface area contributed by atoms with E-state index in [1.807, 2.05) is 91.0 Å². The van der Waals surface area contributed by atoms with E-state index in [2.05, 4.69) is 0 Å². The molecule has 0 aliphatic heterocycles. The first kappa shape index (κ1) is 14.9. The maximum atomic E-state index is 11.3. The SMILES string of the molecule is [2H]/C(=C\[P+](c1ccccc1)(c1ccccc1)c1ccccc1)C(=O)[O-]. The number of carbonyl (C=O) groups is 1. The van der Waals surface area contributed by atoms with Crippen LogP contribution < -0.4 is 21.0 Å². The monoisotopic (exact) mass is 333 g/mol. The summed E-state index contributed by atoms with van der Waals surface area (Å²) in [5, 5.41) is 14.3. The molecule has 118 valence electrons. The minimum absolute atomic E-state index is 0.495. The number of rotatable bonds is 5. The third kappa shape index (κ3) is 3.15. The van der Waals surface area contributed by atoms with Crippen molar-refractivity contribution < 1.29 is 11.3 Å². The van der Waals surface area contributed by atoms with E-state index in [0.717, 1.165) is 15.9 Å². The second-order valence-corrected chi connectivity index (χ2v) is 8.54. The molecule has 0 spiro atoms. The maximum absolute atomic E-state index is 11.3. The van der Waals surface area contributed by atoms with E-state index in [9.17, 15) is 9.90 Å². The summed E-state index contributed by atoms with van der Waals surface area (Å²) in [5.74, 6) is 0.106. The van der Waals surface area contributed by atoms with Crippen LogP contribution in [0.2, 0.25) is 0 Å². The van der Waals surface area contributed by atoms with Gasteiger partial charge in [-0.15, -0.1) is 0 Å². The van der Waals surface area contributed by atoms with Crippen LogP contribution in [0.25, 0.3) is 0 Å². The number of benzene rings is 3. The maximum Gasteiger partial charge on any atom is 0.137 e. The van der Waals surface area contributed by atoms with Crippen molar-refractivity contribution >= 4 is 29.1 Å². The first-order valence-corrected chi connectivity index (χ1v) is 9.47. The molecule has 0 aliphatic carbocycles. The van der Waals surface area contributed by atoms with Crippen LogP contribution in [-0.2, 0) is 4.79 Å². The van der Waals surface area contributed by atoms with Gasteiger partial charge in [0.05, 0.1) is 13.2 Å². The van der Waals surface area contributed by atoms with Gasteiger partial charge in [0, 0.05) is 0 Å². The average molecular weight is 333 g/mol. The zero-order chi connectivity index (χ0) is 17.7. The van der Waals surface area contributed by atoms with Gasteiger partial charge >= 0.3 is 0 Å². The first-order valence-electron chi connectivity index (χ1n) is 8.11. The molecule has 24 heavy (non-hydrogen) atoms. The molecule has 0 fully saturated rings. The quantitative estimate of drug-likeness (QED) is 0.531. The lowest BCUT2D eigenvalue weighted by atomic mass is 10.4. The third-order valence-electron chi connectivity index (χ3n) is 3.87. The van der Waals surface area contributed by atoms with Crippen LogP contribution in [0, 0.1) is 0 Å². The molecule has 0 amide bonds. The van der Waals surface area contributed by atoms with Crippen LogP contribution in [0.15, 0.2) is 103 Å². The Hall–Kier alpha value is -2.70. The molecule has 0 saturated carbocycles. The van der Waals surface area contributed by atoms with Gasteiger partial charge in [0.2, 0.25) is 0 Å². The minimum Gasteiger partial charge on any atom is -0.545 e. The summed E-state index contributed by atoms with van der Waals surface area (Å²) in [6, 6.07) is 28.9. The molecule has 0 atom stereocenters. The highest BCUT2D eigenvalue weighted by molar-refractivity contribution is 7.98. The Morgan fingerprint density at radius 1 is 0.750 bits per heavy atom. The van der Waals surface area contributed by atoms with Crippen molar-refractivity contribution in [3.05, 3.63) is 103 Å². The molecule has 0 N–H and O–H groups in total. The Morgan fingerprint density at radius 3 is 1.38 bits per heavy atom. The number of hydrogen-bond donors (Lipinski definition) is 0. The van der Waals surface area contributed by atoms with E-state index in [4.69, 9.17) is 1.37 Å². The molecule has 0 bridgehead atoms. The smallest absolute Gasteiger partial charge is 0.137 e. The molecule has 3 aromatic rings. The van der Waals surface area contributed by atoms with E-state index in [0.29, 0.717) is 0 Å². The fraction of sp³-hybridized carbons (Fsp3) is 0. The average Bonchev–Trinajstić information content (AvgIpc) is 2.68. The molecule has 3 rings (SSSR count). The van der Waals surface area contributed by atoms with Gasteiger partial charge in [-0.2, -0.15) is 0 Å². The Kier molecular flexibility index (Phi) is 4.49. The lowest BCUT2D eigenvalue weighted by Gasteiger charge is -2.24. The van der Waals surface area contributed by atoms with Crippen molar-refractivity contribution in [3.8, 4) is 0 Å². The lowest BCUT2D eigenvalue weighted by molar-refractivity contribution is -0.297. The summed E-state index contributed by atoms with van der Waals surface area (Å²) in [7, 11) is -2.43. The van der Waals surface area contributed by atoms with Gasteiger partial charge in [0.25, 0.3) is 0 Å². The summed E-state index contributed by atoms with van der Waals surface area (Å²) < 4.78 is 7.96. The van der Waals surface area contributed by atoms with E-state index >= 15 is 0 Å². The second kappa shape index (κ2) is 7.25. The molecule has 3 aromatic carbocycles. The topological polar surface area (TPSA) is 40.1 Å². The highest BCUT2D eigenvalue weighted by atomic mass is 31.2. The molecular formula is C21H17O2P. The van der Waals surface area contributed by atoms with E-state index in [-0.39, 0.29) is 0 Å². The highest BCUT2D eigenvalue weighted by Gasteiger charge is 2.42. The predicted molar refractivity (Wildman–Crippen MR) is 99.3 cm³/mol. The fourth-order valence-electron chi connectivity index (χ4n) is 2.81. The van der Waals surface area contributed by atoms with Gasteiger partial charge in [-0.25, -0.2) is 0 Å². The van der Waals surface area contributed by atoms with Gasteiger partial charge in [-0.1, -0.05) is 54.6 Å². The lowest BCUT2D eigenvalue weighted by Crippen LogP contribution is -2.30. The molecule has 0 radical (unpaired) electrons. The van der Waals surface area contributed by atoms with Crippen LogP contribution in [0.3, 0.4) is 0 Å². The van der Waals surface area contributed by atoms with Crippen LogP contribution in [0.5, 0.6) is 0 Å². The Balaban J connectivity index is 2.40. The van der Waals surface area contributed by atoms with E-state index in [1.54, 1.807) is 5.82 Å². The van der Waals surface area contributed by atoms with Crippen molar-refractivity contribution in [3.63, 3.8) is 0 Å². The second-order valence-electron chi connectivity index (χ2n) is 5.29. The van der Waals surface area contributed by atoms with Crippen LogP contribution >= 0.6 is 7.26 Å². The zero-order valence-electron chi connectivity index (χ0n) is 14.0. The van der Waals surface area contributed by atoms with Gasteiger partial charge in [-0.05, 0) is 42.5 Å². The largest absolute Gasteiger partial charge is 0.545 e. The molecule has 0 unspecified atom stereocenters. The molecule has 0 heterocycles. The number of hydrogen-bond acceptors (Lipinski definition) is 2. The van der Waals surface area contributed by atoms with Gasteiger partial charge < -0.3 is 9.90 Å². The number of aliphatic carboxylic acids is 1. The Bertz CT molecular complexity index is 781. The number of carboxylic acids is 1. The summed E-state index contributed by atoms with van der Waals surface area (Å²) >= 11 is 0. The van der Waals surface area contributed by atoms with Crippen LogP contribution in [-0.4, -0.2) is 5.97 Å². The molecule has 0 saturated heterocycles. The van der Waals surface area contributed by atoms with Crippen molar-refractivity contribution in [2.45, 2.75) is 0 Å². The van der Waals surface area contributed by atoms with Crippen LogP contribution in [0.1, 0.15) is 1.37 Å². The Labute approximate surface area is 143 Å². The van der Waals surface area contributed by atoms with Crippen molar-refractivity contribution in [1.29, 1.82) is 0 Å². The molecule has 0 aromatic heterocycles. The van der Waals surface area contributed by atoms with Crippen molar-refractivity contribution in [1.82, 2.24) is 0 Å². The fourth-order valence-corrected chi connectivity index (χ4v) is 6.38. The highest BCUT2D eigenvalue weighted by Crippen LogP contribution is 2.56.